The fourth-order valence-electron chi connectivity index (χ4n) is 10.1. The first-order valence-corrected chi connectivity index (χ1v) is 38.2. The Kier molecular flexibility index (Phi) is 56.6. The van der Waals surface area contributed by atoms with E-state index in [0.717, 1.165) is 120 Å². The minimum Gasteiger partial charge on any atom is -0.462 e. The van der Waals surface area contributed by atoms with Crippen molar-refractivity contribution in [2.75, 3.05) is 39.6 Å². The van der Waals surface area contributed by atoms with Gasteiger partial charge in [0.05, 0.1) is 26.4 Å². The summed E-state index contributed by atoms with van der Waals surface area (Å²) in [4.78, 5) is 72.4. The lowest BCUT2D eigenvalue weighted by Gasteiger charge is -2.21. The molecule has 0 spiro atoms. The number of aliphatic hydroxyl groups excluding tert-OH is 1. The van der Waals surface area contributed by atoms with Gasteiger partial charge in [0.25, 0.3) is 0 Å². The summed E-state index contributed by atoms with van der Waals surface area (Å²) in [6, 6.07) is 0. The van der Waals surface area contributed by atoms with E-state index in [1.807, 2.05) is 0 Å². The van der Waals surface area contributed by atoms with Gasteiger partial charge in [0.1, 0.15) is 19.3 Å². The Morgan fingerprint density at radius 2 is 0.552 bits per heavy atom. The molecule has 0 bridgehead atoms. The molecule has 516 valence electrons. The van der Waals surface area contributed by atoms with Crippen LogP contribution in [0.3, 0.4) is 0 Å². The Balaban J connectivity index is 5.27. The number of hydrogen-bond acceptors (Lipinski definition) is 15. The van der Waals surface area contributed by atoms with E-state index >= 15 is 0 Å². The molecule has 0 aromatic carbocycles. The average molecular weight is 1280 g/mol. The molecule has 0 rings (SSSR count). The number of hydrogen-bond donors (Lipinski definition) is 3. The highest BCUT2D eigenvalue weighted by atomic mass is 31.2. The van der Waals surface area contributed by atoms with E-state index < -0.39 is 97.5 Å². The van der Waals surface area contributed by atoms with Crippen LogP contribution < -0.4 is 0 Å². The van der Waals surface area contributed by atoms with Crippen molar-refractivity contribution in [3.63, 3.8) is 0 Å². The number of phosphoric acid groups is 2. The summed E-state index contributed by atoms with van der Waals surface area (Å²) in [7, 11) is -9.90. The lowest BCUT2D eigenvalue weighted by molar-refractivity contribution is -0.161. The van der Waals surface area contributed by atoms with Crippen molar-refractivity contribution in [1.82, 2.24) is 0 Å². The van der Waals surface area contributed by atoms with Crippen molar-refractivity contribution in [3.05, 3.63) is 0 Å². The standard InChI is InChI=1S/C68H132O17P2/c1-9-61(8)47-39-31-26-27-33-41-49-66(71)79-55-64(85-68(73)51-43-35-25-17-13-11-15-21-29-37-45-59(4)5)57-83-87(76,77)81-53-62(69)52-80-86(74,75)82-56-63(54-78-65(70)48-40-32-23-19-18-22-30-38-46-60(6)7)84-67(72)50-42-34-24-16-12-10-14-20-28-36-44-58(2)3/h58-64,69H,9-57H2,1-8H3,(H,74,75)(H,76,77)/t61?,62-,63-,64-/m1/s1. The first kappa shape index (κ1) is 85.1. The molecule has 0 aromatic heterocycles. The molecular weight excluding hydrogens is 1150 g/mol. The number of ether oxygens (including phenoxy) is 4. The van der Waals surface area contributed by atoms with Crippen LogP contribution in [0.1, 0.15) is 331 Å². The fourth-order valence-corrected chi connectivity index (χ4v) is 11.7. The smallest absolute Gasteiger partial charge is 0.462 e. The van der Waals surface area contributed by atoms with Gasteiger partial charge in [0.2, 0.25) is 0 Å². The molecular formula is C68H132O17P2. The van der Waals surface area contributed by atoms with Gasteiger partial charge in [-0.1, -0.05) is 280 Å². The minimum absolute atomic E-state index is 0.104. The number of unbranched alkanes of at least 4 members (excludes halogenated alkanes) is 30. The van der Waals surface area contributed by atoms with Crippen molar-refractivity contribution >= 4 is 39.5 Å². The predicted molar refractivity (Wildman–Crippen MR) is 349 cm³/mol. The number of rotatable bonds is 65. The molecule has 3 unspecified atom stereocenters. The maximum atomic E-state index is 13.0. The van der Waals surface area contributed by atoms with Gasteiger partial charge in [-0.15, -0.1) is 0 Å². The number of carbonyl (C=O) groups excluding carboxylic acids is 4. The van der Waals surface area contributed by atoms with Crippen molar-refractivity contribution in [2.45, 2.75) is 350 Å². The van der Waals surface area contributed by atoms with Gasteiger partial charge in [-0.25, -0.2) is 9.13 Å². The second kappa shape index (κ2) is 57.9. The second-order valence-corrected chi connectivity index (χ2v) is 29.1. The van der Waals surface area contributed by atoms with Crippen molar-refractivity contribution in [3.8, 4) is 0 Å². The van der Waals surface area contributed by atoms with Gasteiger partial charge in [0.15, 0.2) is 12.2 Å². The first-order valence-electron chi connectivity index (χ1n) is 35.2. The predicted octanol–water partition coefficient (Wildman–Crippen LogP) is 18.9. The zero-order chi connectivity index (χ0) is 64.7. The van der Waals surface area contributed by atoms with Crippen LogP contribution in [0.4, 0.5) is 0 Å². The third kappa shape index (κ3) is 61.3. The minimum atomic E-state index is -4.95. The van der Waals surface area contributed by atoms with Crippen LogP contribution in [-0.4, -0.2) is 96.7 Å². The Hall–Kier alpha value is -1.94. The Morgan fingerprint density at radius 3 is 0.816 bits per heavy atom. The second-order valence-electron chi connectivity index (χ2n) is 26.2. The topological polar surface area (TPSA) is 237 Å². The highest BCUT2D eigenvalue weighted by Gasteiger charge is 2.30. The SMILES string of the molecule is CCC(C)CCCCCCCCC(=O)OC[C@H](COP(=O)(O)OC[C@H](O)COP(=O)(O)OC[C@@H](COC(=O)CCCCCCCCCCC(C)C)OC(=O)CCCCCCCCCCCCC(C)C)OC(=O)CCCCCCCCCCCCC(C)C. The van der Waals surface area contributed by atoms with Gasteiger partial charge in [0, 0.05) is 25.7 Å². The Labute approximate surface area is 530 Å². The molecule has 3 N–H and O–H groups in total. The van der Waals surface area contributed by atoms with Crippen molar-refractivity contribution in [2.24, 2.45) is 23.7 Å². The van der Waals surface area contributed by atoms with Crippen LogP contribution in [0.5, 0.6) is 0 Å². The molecule has 0 heterocycles. The van der Waals surface area contributed by atoms with Gasteiger partial charge < -0.3 is 33.8 Å². The molecule has 0 fully saturated rings. The summed E-state index contributed by atoms with van der Waals surface area (Å²) in [5.41, 5.74) is 0. The van der Waals surface area contributed by atoms with Crippen molar-refractivity contribution in [1.29, 1.82) is 0 Å². The molecule has 0 radical (unpaired) electrons. The molecule has 0 aliphatic rings. The lowest BCUT2D eigenvalue weighted by atomic mass is 10.00. The highest BCUT2D eigenvalue weighted by molar-refractivity contribution is 7.47. The van der Waals surface area contributed by atoms with Crippen LogP contribution >= 0.6 is 15.6 Å². The van der Waals surface area contributed by atoms with E-state index in [9.17, 15) is 43.2 Å². The van der Waals surface area contributed by atoms with Crippen LogP contribution in [0.2, 0.25) is 0 Å². The van der Waals surface area contributed by atoms with E-state index in [0.29, 0.717) is 25.7 Å². The van der Waals surface area contributed by atoms with E-state index in [2.05, 4.69) is 55.4 Å². The van der Waals surface area contributed by atoms with E-state index in [1.165, 1.54) is 128 Å². The normalized spacial score (nSPS) is 14.6. The Bertz CT molecular complexity index is 1730. The number of phosphoric ester groups is 2. The third-order valence-corrected chi connectivity index (χ3v) is 17.8. The van der Waals surface area contributed by atoms with Crippen LogP contribution in [-0.2, 0) is 65.4 Å². The molecule has 6 atom stereocenters. The van der Waals surface area contributed by atoms with E-state index in [4.69, 9.17) is 37.0 Å². The van der Waals surface area contributed by atoms with E-state index in [-0.39, 0.29) is 25.7 Å². The zero-order valence-corrected chi connectivity index (χ0v) is 58.4. The molecule has 0 aliphatic heterocycles. The summed E-state index contributed by atoms with van der Waals surface area (Å²) < 4.78 is 68.2. The largest absolute Gasteiger partial charge is 0.472 e. The first-order chi connectivity index (χ1) is 41.6. The molecule has 87 heavy (non-hydrogen) atoms. The van der Waals surface area contributed by atoms with Gasteiger partial charge >= 0.3 is 39.5 Å². The van der Waals surface area contributed by atoms with Crippen LogP contribution in [0.15, 0.2) is 0 Å². The number of aliphatic hydroxyl groups is 1. The maximum Gasteiger partial charge on any atom is 0.472 e. The summed E-state index contributed by atoms with van der Waals surface area (Å²) in [6.45, 7) is 14.0. The van der Waals surface area contributed by atoms with Gasteiger partial charge in [-0.2, -0.15) is 0 Å². The molecule has 0 saturated heterocycles. The van der Waals surface area contributed by atoms with Gasteiger partial charge in [-0.05, 0) is 49.4 Å². The molecule has 0 amide bonds. The van der Waals surface area contributed by atoms with E-state index in [1.54, 1.807) is 0 Å². The summed E-state index contributed by atoms with van der Waals surface area (Å²) >= 11 is 0. The molecule has 19 heteroatoms. The molecule has 0 saturated carbocycles. The summed E-state index contributed by atoms with van der Waals surface area (Å²) in [6.07, 6.45) is 39.0. The lowest BCUT2D eigenvalue weighted by Crippen LogP contribution is -2.30. The van der Waals surface area contributed by atoms with Crippen LogP contribution in [0, 0.1) is 23.7 Å². The zero-order valence-electron chi connectivity index (χ0n) is 56.6. The highest BCUT2D eigenvalue weighted by Crippen LogP contribution is 2.45. The molecule has 0 aromatic rings. The van der Waals surface area contributed by atoms with Gasteiger partial charge in [-0.3, -0.25) is 37.3 Å². The molecule has 17 nitrogen and oxygen atoms in total. The quantitative estimate of drug-likeness (QED) is 0.0222. The third-order valence-electron chi connectivity index (χ3n) is 15.9. The van der Waals surface area contributed by atoms with Crippen LogP contribution in [0.25, 0.3) is 0 Å². The summed E-state index contributed by atoms with van der Waals surface area (Å²) in [5, 5.41) is 10.6. The number of esters is 4. The Morgan fingerprint density at radius 1 is 0.322 bits per heavy atom. The maximum absolute atomic E-state index is 13.0. The average Bonchev–Trinajstić information content (AvgIpc) is 3.67. The number of carbonyl (C=O) groups is 4. The monoisotopic (exact) mass is 1280 g/mol. The van der Waals surface area contributed by atoms with Crippen molar-refractivity contribution < 1.29 is 80.2 Å². The fraction of sp³-hybridized carbons (Fsp3) is 0.941. The molecule has 0 aliphatic carbocycles. The summed E-state index contributed by atoms with van der Waals surface area (Å²) in [5.74, 6) is 0.828.